The Balaban J connectivity index is 0.00000480. The molecule has 0 aliphatic rings. The van der Waals surface area contributed by atoms with Crippen LogP contribution in [0.3, 0.4) is 0 Å². The lowest BCUT2D eigenvalue weighted by atomic mass is 10.3. The predicted octanol–water partition coefficient (Wildman–Crippen LogP) is 3.90. The zero-order chi connectivity index (χ0) is 21.9. The van der Waals surface area contributed by atoms with Crippen LogP contribution in [0.2, 0.25) is 0 Å². The number of hydrogen-bond donors (Lipinski definition) is 1. The van der Waals surface area contributed by atoms with Gasteiger partial charge in [-0.3, -0.25) is 4.79 Å². The number of aromatic nitrogens is 1. The van der Waals surface area contributed by atoms with Crippen molar-refractivity contribution in [1.29, 1.82) is 0 Å². The number of carbonyl (C=O) groups excluding carboxylic acids is 1. The zero-order valence-corrected chi connectivity index (χ0v) is 20.8. The summed E-state index contributed by atoms with van der Waals surface area (Å²) < 4.78 is 18.8. The van der Waals surface area contributed by atoms with E-state index in [-0.39, 0.29) is 42.2 Å². The van der Waals surface area contributed by atoms with Crippen molar-refractivity contribution in [2.75, 3.05) is 33.2 Å². The van der Waals surface area contributed by atoms with Gasteiger partial charge in [0.05, 0.1) is 13.1 Å². The molecule has 0 fully saturated rings. The molecule has 1 aromatic heterocycles. The summed E-state index contributed by atoms with van der Waals surface area (Å²) in [6.45, 7) is 8.65. The number of guanidine groups is 1. The highest BCUT2D eigenvalue weighted by atomic mass is 127. The van der Waals surface area contributed by atoms with Crippen molar-refractivity contribution in [2.45, 2.75) is 27.3 Å². The zero-order valence-electron chi connectivity index (χ0n) is 18.5. The summed E-state index contributed by atoms with van der Waals surface area (Å²) in [5.74, 6) is 1.12. The summed E-state index contributed by atoms with van der Waals surface area (Å²) in [5.41, 5.74) is 0.889. The fourth-order valence-corrected chi connectivity index (χ4v) is 2.81. The summed E-state index contributed by atoms with van der Waals surface area (Å²) in [5, 5.41) is 3.21. The number of nitrogens with zero attached hydrogens (tertiary/aromatic N) is 4. The Morgan fingerprint density at radius 1 is 1.19 bits per heavy atom. The van der Waals surface area contributed by atoms with Gasteiger partial charge in [-0.25, -0.2) is 14.4 Å². The van der Waals surface area contributed by atoms with E-state index in [2.05, 4.69) is 15.3 Å². The number of likely N-dealkylation sites (N-methyl/N-ethyl adjacent to an activating group) is 2. The number of nitrogens with one attached hydrogen (secondary N) is 1. The maximum Gasteiger partial charge on any atom is 0.242 e. The molecular formula is C22H31FIN5O2. The number of halogens is 2. The number of benzene rings is 1. The lowest BCUT2D eigenvalue weighted by Crippen LogP contribution is -2.45. The van der Waals surface area contributed by atoms with E-state index in [4.69, 9.17) is 4.74 Å². The SMILES string of the molecule is CCNC(=NCc1ccc(Oc2cccc(F)c2)nc1)N(C)CC(=O)N(CC)CC.I. The molecule has 0 saturated carbocycles. The number of carbonyl (C=O) groups is 1. The minimum atomic E-state index is -0.363. The first kappa shape index (κ1) is 26.6. The molecule has 0 aliphatic carbocycles. The van der Waals surface area contributed by atoms with Gasteiger partial charge in [-0.05, 0) is 38.5 Å². The topological polar surface area (TPSA) is 70.1 Å². The quantitative estimate of drug-likeness (QED) is 0.295. The third kappa shape index (κ3) is 8.68. The van der Waals surface area contributed by atoms with Gasteiger partial charge < -0.3 is 19.9 Å². The molecule has 0 spiro atoms. The van der Waals surface area contributed by atoms with Crippen molar-refractivity contribution in [3.8, 4) is 11.6 Å². The molecule has 1 amide bonds. The Morgan fingerprint density at radius 3 is 2.52 bits per heavy atom. The van der Waals surface area contributed by atoms with Crippen molar-refractivity contribution >= 4 is 35.8 Å². The molecule has 2 aromatic rings. The van der Waals surface area contributed by atoms with E-state index in [0.717, 1.165) is 5.56 Å². The highest BCUT2D eigenvalue weighted by molar-refractivity contribution is 14.0. The van der Waals surface area contributed by atoms with Crippen LogP contribution in [0, 0.1) is 5.82 Å². The number of hydrogen-bond acceptors (Lipinski definition) is 4. The van der Waals surface area contributed by atoms with Crippen LogP contribution in [0.25, 0.3) is 0 Å². The summed E-state index contributed by atoms with van der Waals surface area (Å²) in [7, 11) is 1.84. The molecule has 9 heteroatoms. The van der Waals surface area contributed by atoms with Gasteiger partial charge in [-0.15, -0.1) is 24.0 Å². The molecule has 2 rings (SSSR count). The van der Waals surface area contributed by atoms with Gasteiger partial charge in [0.2, 0.25) is 11.8 Å². The van der Waals surface area contributed by atoms with Crippen LogP contribution in [0.15, 0.2) is 47.6 Å². The second kappa shape index (κ2) is 13.8. The van der Waals surface area contributed by atoms with Crippen LogP contribution in [0.4, 0.5) is 4.39 Å². The molecule has 1 heterocycles. The van der Waals surface area contributed by atoms with Gasteiger partial charge in [0.15, 0.2) is 5.96 Å². The largest absolute Gasteiger partial charge is 0.439 e. The standard InChI is InChI=1S/C22H30FN5O2.HI/c1-5-24-22(27(4)16-21(29)28(6-2)7-3)26-15-17-11-12-20(25-14-17)30-19-10-8-9-18(23)13-19;/h8-14H,5-7,15-16H2,1-4H3,(H,24,26);1H. The van der Waals surface area contributed by atoms with E-state index < -0.39 is 0 Å². The fraction of sp³-hybridized carbons (Fsp3) is 0.409. The smallest absolute Gasteiger partial charge is 0.242 e. The molecule has 0 aliphatic heterocycles. The first-order chi connectivity index (χ1) is 14.5. The van der Waals surface area contributed by atoms with E-state index in [1.807, 2.05) is 38.8 Å². The highest BCUT2D eigenvalue weighted by Crippen LogP contribution is 2.20. The molecule has 31 heavy (non-hydrogen) atoms. The van der Waals surface area contributed by atoms with Crippen LogP contribution in [-0.4, -0.2) is 59.9 Å². The van der Waals surface area contributed by atoms with Crippen molar-refractivity contribution in [2.24, 2.45) is 4.99 Å². The number of rotatable bonds is 9. The van der Waals surface area contributed by atoms with E-state index in [0.29, 0.717) is 43.8 Å². The molecule has 0 radical (unpaired) electrons. The predicted molar refractivity (Wildman–Crippen MR) is 131 cm³/mol. The normalized spacial score (nSPS) is 10.8. The van der Waals surface area contributed by atoms with Crippen LogP contribution in [0.1, 0.15) is 26.3 Å². The lowest BCUT2D eigenvalue weighted by Gasteiger charge is -2.25. The molecule has 0 atom stereocenters. The third-order valence-corrected chi connectivity index (χ3v) is 4.41. The summed E-state index contributed by atoms with van der Waals surface area (Å²) in [6, 6.07) is 9.48. The van der Waals surface area contributed by atoms with Gasteiger partial charge in [0, 0.05) is 45.0 Å². The van der Waals surface area contributed by atoms with E-state index in [9.17, 15) is 9.18 Å². The third-order valence-electron chi connectivity index (χ3n) is 4.41. The first-order valence-corrected chi connectivity index (χ1v) is 10.1. The Hall–Kier alpha value is -2.43. The molecule has 1 N–H and O–H groups in total. The van der Waals surface area contributed by atoms with Crippen molar-refractivity contribution < 1.29 is 13.9 Å². The van der Waals surface area contributed by atoms with Gasteiger partial charge in [0.25, 0.3) is 0 Å². The van der Waals surface area contributed by atoms with Crippen LogP contribution in [-0.2, 0) is 11.3 Å². The molecule has 170 valence electrons. The summed E-state index contributed by atoms with van der Waals surface area (Å²) in [4.78, 5) is 24.8. The average Bonchev–Trinajstić information content (AvgIpc) is 2.73. The minimum Gasteiger partial charge on any atom is -0.439 e. The van der Waals surface area contributed by atoms with Crippen LogP contribution >= 0.6 is 24.0 Å². The van der Waals surface area contributed by atoms with Gasteiger partial charge in [0.1, 0.15) is 11.6 Å². The Kier molecular flexibility index (Phi) is 11.8. The monoisotopic (exact) mass is 543 g/mol. The highest BCUT2D eigenvalue weighted by Gasteiger charge is 2.15. The van der Waals surface area contributed by atoms with Crippen LogP contribution in [0.5, 0.6) is 11.6 Å². The van der Waals surface area contributed by atoms with Gasteiger partial charge >= 0.3 is 0 Å². The second-order valence-electron chi connectivity index (χ2n) is 6.66. The number of aliphatic imine (C=N–C) groups is 1. The second-order valence-corrected chi connectivity index (χ2v) is 6.66. The minimum absolute atomic E-state index is 0. The van der Waals surface area contributed by atoms with E-state index in [1.54, 1.807) is 29.3 Å². The summed E-state index contributed by atoms with van der Waals surface area (Å²) >= 11 is 0. The lowest BCUT2D eigenvalue weighted by molar-refractivity contribution is -0.131. The summed E-state index contributed by atoms with van der Waals surface area (Å²) in [6.07, 6.45) is 1.67. The van der Waals surface area contributed by atoms with Gasteiger partial charge in [-0.1, -0.05) is 12.1 Å². The molecule has 0 unspecified atom stereocenters. The number of ether oxygens (including phenoxy) is 1. The Morgan fingerprint density at radius 2 is 1.94 bits per heavy atom. The average molecular weight is 543 g/mol. The maximum atomic E-state index is 13.3. The van der Waals surface area contributed by atoms with Crippen molar-refractivity contribution in [3.63, 3.8) is 0 Å². The Labute approximate surface area is 200 Å². The Bertz CT molecular complexity index is 844. The maximum absolute atomic E-state index is 13.3. The fourth-order valence-electron chi connectivity index (χ4n) is 2.81. The molecular weight excluding hydrogens is 512 g/mol. The first-order valence-electron chi connectivity index (χ1n) is 10.1. The molecule has 1 aromatic carbocycles. The van der Waals surface area contributed by atoms with Crippen molar-refractivity contribution in [3.05, 3.63) is 54.0 Å². The van der Waals surface area contributed by atoms with Crippen molar-refractivity contribution in [1.82, 2.24) is 20.1 Å². The van der Waals surface area contributed by atoms with Gasteiger partial charge in [-0.2, -0.15) is 0 Å². The molecule has 7 nitrogen and oxygen atoms in total. The number of amides is 1. The van der Waals surface area contributed by atoms with Crippen LogP contribution < -0.4 is 10.1 Å². The van der Waals surface area contributed by atoms with E-state index in [1.165, 1.54) is 12.1 Å². The van der Waals surface area contributed by atoms with E-state index >= 15 is 0 Å². The molecule has 0 saturated heterocycles. The number of pyridine rings is 1. The molecule has 0 bridgehead atoms.